The summed E-state index contributed by atoms with van der Waals surface area (Å²) in [6.07, 6.45) is -1.21. The van der Waals surface area contributed by atoms with E-state index in [1.54, 1.807) is 0 Å². The van der Waals surface area contributed by atoms with E-state index < -0.39 is 12.0 Å². The van der Waals surface area contributed by atoms with Gasteiger partial charge in [-0.05, 0) is 24.6 Å². The number of rotatable bonds is 3. The Balaban J connectivity index is 3.24. The number of nitrogens with two attached hydrogens (primary N) is 1. The maximum atomic E-state index is 13.3. The lowest BCUT2D eigenvalue weighted by molar-refractivity contribution is 0.363. The molecule has 0 aliphatic heterocycles. The van der Waals surface area contributed by atoms with E-state index in [9.17, 15) is 8.78 Å². The molecule has 0 heterocycles. The number of halogens is 2. The van der Waals surface area contributed by atoms with Gasteiger partial charge in [-0.25, -0.2) is 8.78 Å². The molecule has 0 saturated carbocycles. The summed E-state index contributed by atoms with van der Waals surface area (Å²) in [5.74, 6) is -0.480. The van der Waals surface area contributed by atoms with Gasteiger partial charge in [-0.15, -0.1) is 0 Å². The quantitative estimate of drug-likeness (QED) is 0.814. The van der Waals surface area contributed by atoms with Crippen molar-refractivity contribution < 1.29 is 13.5 Å². The van der Waals surface area contributed by atoms with Crippen LogP contribution in [0.1, 0.15) is 24.2 Å². The van der Waals surface area contributed by atoms with Gasteiger partial charge >= 0.3 is 0 Å². The van der Waals surface area contributed by atoms with Crippen molar-refractivity contribution in [2.45, 2.75) is 19.6 Å². The lowest BCUT2D eigenvalue weighted by Crippen LogP contribution is -2.03. The fraction of sp³-hybridized carbons (Fsp3) is 0.400. The van der Waals surface area contributed by atoms with Crippen LogP contribution in [0.15, 0.2) is 12.1 Å². The topological polar surface area (TPSA) is 35.2 Å². The summed E-state index contributed by atoms with van der Waals surface area (Å²) in [6, 6.07) is 2.65. The fourth-order valence-electron chi connectivity index (χ4n) is 1.28. The van der Waals surface area contributed by atoms with Crippen LogP contribution in [0.4, 0.5) is 8.78 Å². The molecule has 0 amide bonds. The van der Waals surface area contributed by atoms with Crippen LogP contribution in [-0.2, 0) is 6.54 Å². The van der Waals surface area contributed by atoms with Crippen LogP contribution >= 0.6 is 0 Å². The molecule has 14 heavy (non-hydrogen) atoms. The first-order valence-corrected chi connectivity index (χ1v) is 4.30. The van der Waals surface area contributed by atoms with Crippen molar-refractivity contribution in [3.05, 3.63) is 29.1 Å². The standard InChI is InChI=1S/C10H13F2NO/c1-6(11)7-3-8(5-13)10(14-2)9(12)4-7/h3-4,6H,5,13H2,1-2H3. The minimum absolute atomic E-state index is 0.0944. The highest BCUT2D eigenvalue weighted by molar-refractivity contribution is 5.39. The molecule has 4 heteroatoms. The molecular formula is C10H13F2NO. The van der Waals surface area contributed by atoms with Crippen LogP contribution in [0.3, 0.4) is 0 Å². The molecule has 0 aliphatic rings. The molecule has 1 aromatic carbocycles. The number of hydrogen-bond acceptors (Lipinski definition) is 2. The highest BCUT2D eigenvalue weighted by Gasteiger charge is 2.13. The van der Waals surface area contributed by atoms with E-state index in [4.69, 9.17) is 10.5 Å². The largest absolute Gasteiger partial charge is 0.493 e. The number of benzene rings is 1. The van der Waals surface area contributed by atoms with Gasteiger partial charge in [0.2, 0.25) is 0 Å². The Labute approximate surface area is 81.7 Å². The molecule has 0 spiro atoms. The molecule has 0 fully saturated rings. The lowest BCUT2D eigenvalue weighted by Gasteiger charge is -2.11. The van der Waals surface area contributed by atoms with Gasteiger partial charge in [0.05, 0.1) is 7.11 Å². The van der Waals surface area contributed by atoms with Crippen molar-refractivity contribution in [2.75, 3.05) is 7.11 Å². The summed E-state index contributed by atoms with van der Waals surface area (Å²) in [5, 5.41) is 0. The predicted molar refractivity (Wildman–Crippen MR) is 50.4 cm³/mol. The molecule has 0 bridgehead atoms. The number of methoxy groups -OCH3 is 1. The predicted octanol–water partition coefficient (Wildman–Crippen LogP) is 2.32. The zero-order valence-electron chi connectivity index (χ0n) is 8.18. The molecule has 0 aromatic heterocycles. The van der Waals surface area contributed by atoms with Crippen LogP contribution in [0.2, 0.25) is 0 Å². The zero-order chi connectivity index (χ0) is 10.7. The monoisotopic (exact) mass is 201 g/mol. The van der Waals surface area contributed by atoms with E-state index in [0.717, 1.165) is 6.07 Å². The summed E-state index contributed by atoms with van der Waals surface area (Å²) in [6.45, 7) is 1.47. The van der Waals surface area contributed by atoms with E-state index in [1.165, 1.54) is 20.1 Å². The van der Waals surface area contributed by atoms with Crippen molar-refractivity contribution in [1.29, 1.82) is 0 Å². The van der Waals surface area contributed by atoms with E-state index >= 15 is 0 Å². The second-order valence-corrected chi connectivity index (χ2v) is 3.02. The Bertz CT molecular complexity index is 326. The molecule has 1 unspecified atom stereocenters. The second-order valence-electron chi connectivity index (χ2n) is 3.02. The molecule has 0 aliphatic carbocycles. The summed E-state index contributed by atoms with van der Waals surface area (Å²) < 4.78 is 31.1. The molecule has 1 rings (SSSR count). The van der Waals surface area contributed by atoms with Gasteiger partial charge in [-0.3, -0.25) is 0 Å². The molecule has 2 N–H and O–H groups in total. The molecule has 78 valence electrons. The third-order valence-corrected chi connectivity index (χ3v) is 2.03. The molecule has 2 nitrogen and oxygen atoms in total. The van der Waals surface area contributed by atoms with Crippen LogP contribution in [-0.4, -0.2) is 7.11 Å². The number of hydrogen-bond donors (Lipinski definition) is 1. The highest BCUT2D eigenvalue weighted by atomic mass is 19.1. The van der Waals surface area contributed by atoms with Crippen LogP contribution in [0.5, 0.6) is 5.75 Å². The Morgan fingerprint density at radius 3 is 2.57 bits per heavy atom. The van der Waals surface area contributed by atoms with Crippen molar-refractivity contribution in [2.24, 2.45) is 5.73 Å². The molecule has 0 saturated heterocycles. The van der Waals surface area contributed by atoms with Crippen molar-refractivity contribution >= 4 is 0 Å². The normalized spacial score (nSPS) is 12.6. The first-order valence-electron chi connectivity index (χ1n) is 4.30. The first kappa shape index (κ1) is 10.9. The van der Waals surface area contributed by atoms with Crippen LogP contribution in [0, 0.1) is 5.82 Å². The number of ether oxygens (including phenoxy) is 1. The maximum absolute atomic E-state index is 13.3. The fourth-order valence-corrected chi connectivity index (χ4v) is 1.28. The van der Waals surface area contributed by atoms with Crippen molar-refractivity contribution in [1.82, 2.24) is 0 Å². The van der Waals surface area contributed by atoms with Crippen LogP contribution < -0.4 is 10.5 Å². The zero-order valence-corrected chi connectivity index (χ0v) is 8.18. The maximum Gasteiger partial charge on any atom is 0.165 e. The molecule has 1 aromatic rings. The SMILES string of the molecule is COc1c(F)cc(C(C)F)cc1CN. The Morgan fingerprint density at radius 2 is 2.14 bits per heavy atom. The molecule has 0 radical (unpaired) electrons. The Morgan fingerprint density at radius 1 is 1.50 bits per heavy atom. The van der Waals surface area contributed by atoms with E-state index in [0.29, 0.717) is 5.56 Å². The van der Waals surface area contributed by atoms with Crippen molar-refractivity contribution in [3.63, 3.8) is 0 Å². The average molecular weight is 201 g/mol. The first-order chi connectivity index (χ1) is 6.60. The van der Waals surface area contributed by atoms with Gasteiger partial charge in [0.25, 0.3) is 0 Å². The smallest absolute Gasteiger partial charge is 0.165 e. The van der Waals surface area contributed by atoms with E-state index in [2.05, 4.69) is 0 Å². The lowest BCUT2D eigenvalue weighted by atomic mass is 10.1. The third-order valence-electron chi connectivity index (χ3n) is 2.03. The number of alkyl halides is 1. The van der Waals surface area contributed by atoms with Gasteiger partial charge < -0.3 is 10.5 Å². The van der Waals surface area contributed by atoms with Gasteiger partial charge in [0, 0.05) is 12.1 Å². The van der Waals surface area contributed by atoms with Crippen molar-refractivity contribution in [3.8, 4) is 5.75 Å². The minimum Gasteiger partial charge on any atom is -0.493 e. The summed E-state index contributed by atoms with van der Waals surface area (Å²) in [7, 11) is 1.36. The van der Waals surface area contributed by atoms with Gasteiger partial charge in [-0.2, -0.15) is 0 Å². The molecular weight excluding hydrogens is 188 g/mol. The van der Waals surface area contributed by atoms with Gasteiger partial charge in [0.15, 0.2) is 11.6 Å². The summed E-state index contributed by atoms with van der Waals surface area (Å²) in [5.41, 5.74) is 6.15. The third kappa shape index (κ3) is 2.01. The van der Waals surface area contributed by atoms with E-state index in [1.807, 2.05) is 0 Å². The van der Waals surface area contributed by atoms with E-state index in [-0.39, 0.29) is 17.9 Å². The Kier molecular flexibility index (Phi) is 3.41. The molecule has 1 atom stereocenters. The van der Waals surface area contributed by atoms with Gasteiger partial charge in [-0.1, -0.05) is 0 Å². The average Bonchev–Trinajstić information content (AvgIpc) is 2.16. The van der Waals surface area contributed by atoms with Crippen LogP contribution in [0.25, 0.3) is 0 Å². The minimum atomic E-state index is -1.21. The second kappa shape index (κ2) is 4.37. The highest BCUT2D eigenvalue weighted by Crippen LogP contribution is 2.27. The van der Waals surface area contributed by atoms with Gasteiger partial charge in [0.1, 0.15) is 6.17 Å². The summed E-state index contributed by atoms with van der Waals surface area (Å²) in [4.78, 5) is 0. The Hall–Kier alpha value is -1.16. The summed E-state index contributed by atoms with van der Waals surface area (Å²) >= 11 is 0.